The molecule has 0 amide bonds. The Balaban J connectivity index is 1.61. The number of aliphatic carboxylic acids is 1. The second kappa shape index (κ2) is 11.6. The number of ether oxygens (including phenoxy) is 3. The highest BCUT2D eigenvalue weighted by atomic mass is 16.5. The van der Waals surface area contributed by atoms with Crippen molar-refractivity contribution in [2.75, 3.05) is 45.8 Å². The van der Waals surface area contributed by atoms with Crippen molar-refractivity contribution in [3.05, 3.63) is 42.2 Å². The average molecular weight is 495 g/mol. The number of nitrogens with one attached hydrogen (secondary N) is 1. The Hall–Kier alpha value is -4.05. The van der Waals surface area contributed by atoms with Gasteiger partial charge < -0.3 is 34.6 Å². The Morgan fingerprint density at radius 3 is 2.58 bits per heavy atom. The number of carbonyl (C=O) groups is 1. The van der Waals surface area contributed by atoms with Crippen LogP contribution in [0.15, 0.2) is 36.7 Å². The third-order valence-electron chi connectivity index (χ3n) is 5.98. The molecule has 36 heavy (non-hydrogen) atoms. The summed E-state index contributed by atoms with van der Waals surface area (Å²) in [6.45, 7) is 3.84. The highest BCUT2D eigenvalue weighted by molar-refractivity contribution is 5.94. The molecule has 0 saturated carbocycles. The molecule has 10 heteroatoms. The summed E-state index contributed by atoms with van der Waals surface area (Å²) < 4.78 is 16.8. The summed E-state index contributed by atoms with van der Waals surface area (Å²) in [5, 5.41) is 23.4. The number of nitrogens with zero attached hydrogens (tertiary/aromatic N) is 3. The van der Waals surface area contributed by atoms with E-state index in [-0.39, 0.29) is 11.5 Å². The molecule has 4 rings (SSSR count). The number of carboxylic acid groups (broad SMARTS) is 1. The van der Waals surface area contributed by atoms with Gasteiger partial charge in [0.2, 0.25) is 0 Å². The maximum absolute atomic E-state index is 10.9. The molecule has 10 nitrogen and oxygen atoms in total. The van der Waals surface area contributed by atoms with Gasteiger partial charge in [-0.25, -0.2) is 14.8 Å². The largest absolute Gasteiger partial charge is 0.503 e. The Morgan fingerprint density at radius 1 is 1.08 bits per heavy atom. The van der Waals surface area contributed by atoms with Gasteiger partial charge in [0.25, 0.3) is 0 Å². The lowest BCUT2D eigenvalue weighted by molar-refractivity contribution is -0.131. The average Bonchev–Trinajstić information content (AvgIpc) is 3.40. The number of likely N-dealkylation sites (tertiary alicyclic amines) is 1. The van der Waals surface area contributed by atoms with Crippen molar-refractivity contribution >= 4 is 34.5 Å². The van der Waals surface area contributed by atoms with Crippen molar-refractivity contribution in [2.45, 2.75) is 19.3 Å². The number of hydrogen-bond acceptors (Lipinski definition) is 9. The number of methoxy groups -OCH3 is 2. The summed E-state index contributed by atoms with van der Waals surface area (Å²) in [7, 11) is 3.00. The zero-order valence-electron chi connectivity index (χ0n) is 20.4. The predicted molar refractivity (Wildman–Crippen MR) is 136 cm³/mol. The molecule has 0 radical (unpaired) electrons. The molecule has 3 aromatic rings. The topological polar surface area (TPSA) is 126 Å². The van der Waals surface area contributed by atoms with E-state index in [2.05, 4.69) is 20.2 Å². The number of carboxylic acids is 1. The van der Waals surface area contributed by atoms with Crippen LogP contribution in [0.1, 0.15) is 24.8 Å². The summed E-state index contributed by atoms with van der Waals surface area (Å²) >= 11 is 0. The zero-order chi connectivity index (χ0) is 25.5. The summed E-state index contributed by atoms with van der Waals surface area (Å²) in [6.07, 6.45) is 7.25. The van der Waals surface area contributed by atoms with Crippen LogP contribution < -0.4 is 19.5 Å². The van der Waals surface area contributed by atoms with Crippen molar-refractivity contribution in [1.29, 1.82) is 0 Å². The van der Waals surface area contributed by atoms with Gasteiger partial charge in [-0.3, -0.25) is 0 Å². The summed E-state index contributed by atoms with van der Waals surface area (Å²) in [5.41, 5.74) is 1.45. The van der Waals surface area contributed by atoms with Crippen LogP contribution in [0, 0.1) is 0 Å². The minimum absolute atomic E-state index is 0.136. The van der Waals surface area contributed by atoms with Crippen LogP contribution in [-0.2, 0) is 4.79 Å². The lowest BCUT2D eigenvalue weighted by atomic mass is 10.1. The molecule has 190 valence electrons. The smallest absolute Gasteiger partial charge is 0.328 e. The normalized spacial score (nSPS) is 13.8. The van der Waals surface area contributed by atoms with Crippen LogP contribution >= 0.6 is 0 Å². The SMILES string of the molecule is COc1cc2ncnc(Nc3cc(/C=C/C(=O)O)cc(OC)c3O)c2cc1OCCCN1CCCC1. The molecule has 0 spiro atoms. The van der Waals surface area contributed by atoms with Crippen LogP contribution in [0.5, 0.6) is 23.0 Å². The summed E-state index contributed by atoms with van der Waals surface area (Å²) in [5.74, 6) is 0.542. The Labute approximate surface area is 209 Å². The lowest BCUT2D eigenvalue weighted by Gasteiger charge is -2.17. The number of phenols is 1. The van der Waals surface area contributed by atoms with Crippen molar-refractivity contribution in [2.24, 2.45) is 0 Å². The fourth-order valence-electron chi connectivity index (χ4n) is 4.18. The van der Waals surface area contributed by atoms with Gasteiger partial charge in [-0.1, -0.05) is 0 Å². The molecule has 1 saturated heterocycles. The van der Waals surface area contributed by atoms with Crippen LogP contribution in [0.25, 0.3) is 17.0 Å². The van der Waals surface area contributed by atoms with Crippen molar-refractivity contribution in [1.82, 2.24) is 14.9 Å². The van der Waals surface area contributed by atoms with Gasteiger partial charge in [0.15, 0.2) is 23.0 Å². The van der Waals surface area contributed by atoms with E-state index in [1.807, 2.05) is 6.07 Å². The maximum atomic E-state index is 10.9. The monoisotopic (exact) mass is 494 g/mol. The third kappa shape index (κ3) is 5.95. The van der Waals surface area contributed by atoms with E-state index in [1.54, 1.807) is 19.2 Å². The fraction of sp³-hybridized carbons (Fsp3) is 0.346. The maximum Gasteiger partial charge on any atom is 0.328 e. The van der Waals surface area contributed by atoms with Gasteiger partial charge >= 0.3 is 5.97 Å². The first kappa shape index (κ1) is 25.1. The minimum Gasteiger partial charge on any atom is -0.503 e. The molecule has 3 N–H and O–H groups in total. The van der Waals surface area contributed by atoms with Gasteiger partial charge in [-0.05, 0) is 62.2 Å². The molecular formula is C26H30N4O6. The first-order valence-corrected chi connectivity index (χ1v) is 11.8. The first-order valence-electron chi connectivity index (χ1n) is 11.8. The molecule has 0 atom stereocenters. The van der Waals surface area contributed by atoms with Gasteiger partial charge in [0.05, 0.1) is 32.0 Å². The van der Waals surface area contributed by atoms with E-state index >= 15 is 0 Å². The van der Waals surface area contributed by atoms with Gasteiger partial charge in [-0.2, -0.15) is 0 Å². The van der Waals surface area contributed by atoms with Crippen LogP contribution in [0.3, 0.4) is 0 Å². The molecule has 0 bridgehead atoms. The van der Waals surface area contributed by atoms with Gasteiger partial charge in [-0.15, -0.1) is 0 Å². The number of benzene rings is 2. The Kier molecular flexibility index (Phi) is 8.06. The number of aromatic hydroxyl groups is 1. The Morgan fingerprint density at radius 2 is 1.86 bits per heavy atom. The molecular weight excluding hydrogens is 464 g/mol. The first-order chi connectivity index (χ1) is 17.5. The molecule has 1 aliphatic heterocycles. The van der Waals surface area contributed by atoms with Crippen molar-refractivity contribution in [3.63, 3.8) is 0 Å². The number of hydrogen-bond donors (Lipinski definition) is 3. The van der Waals surface area contributed by atoms with Crippen molar-refractivity contribution in [3.8, 4) is 23.0 Å². The second-order valence-corrected chi connectivity index (χ2v) is 8.41. The second-order valence-electron chi connectivity index (χ2n) is 8.41. The number of phenolic OH excluding ortho intramolecular Hbond substituents is 1. The van der Waals surface area contributed by atoms with Gasteiger partial charge in [0.1, 0.15) is 12.1 Å². The van der Waals surface area contributed by atoms with E-state index in [9.17, 15) is 9.90 Å². The number of rotatable bonds is 11. The van der Waals surface area contributed by atoms with E-state index in [1.165, 1.54) is 38.4 Å². The standard InChI is InChI=1S/C26H30N4O6/c1-34-21-15-19-18(14-22(21)36-11-5-10-30-8-3-4-9-30)26(28-16-27-19)29-20-12-17(6-7-24(31)32)13-23(35-2)25(20)33/h6-7,12-16,33H,3-5,8-11H2,1-2H3,(H,31,32)(H,27,28,29)/b7-6+. The molecule has 0 unspecified atom stereocenters. The number of aromatic nitrogens is 2. The lowest BCUT2D eigenvalue weighted by Crippen LogP contribution is -2.21. The molecule has 2 heterocycles. The third-order valence-corrected chi connectivity index (χ3v) is 5.98. The Bertz CT molecular complexity index is 1260. The molecule has 1 aliphatic rings. The molecule has 1 fully saturated rings. The highest BCUT2D eigenvalue weighted by Gasteiger charge is 2.16. The van der Waals surface area contributed by atoms with Gasteiger partial charge in [0, 0.05) is 24.1 Å². The molecule has 2 aromatic carbocycles. The van der Waals surface area contributed by atoms with Crippen LogP contribution in [0.2, 0.25) is 0 Å². The predicted octanol–water partition coefficient (Wildman–Crippen LogP) is 4.06. The van der Waals surface area contributed by atoms with E-state index in [4.69, 9.17) is 19.3 Å². The van der Waals surface area contributed by atoms with E-state index in [0.717, 1.165) is 32.1 Å². The number of anilines is 2. The molecule has 0 aliphatic carbocycles. The van der Waals surface area contributed by atoms with E-state index in [0.29, 0.717) is 46.1 Å². The zero-order valence-corrected chi connectivity index (χ0v) is 20.4. The highest BCUT2D eigenvalue weighted by Crippen LogP contribution is 2.40. The minimum atomic E-state index is -1.08. The van der Waals surface area contributed by atoms with E-state index < -0.39 is 5.97 Å². The quantitative estimate of drug-likeness (QED) is 0.204. The molecule has 1 aromatic heterocycles. The van der Waals surface area contributed by atoms with Crippen LogP contribution in [-0.4, -0.2) is 71.5 Å². The summed E-state index contributed by atoms with van der Waals surface area (Å²) in [4.78, 5) is 22.1. The van der Waals surface area contributed by atoms with Crippen molar-refractivity contribution < 1.29 is 29.2 Å². The number of fused-ring (bicyclic) bond motifs is 1. The summed E-state index contributed by atoms with van der Waals surface area (Å²) in [6, 6.07) is 6.74. The van der Waals surface area contributed by atoms with Crippen LogP contribution in [0.4, 0.5) is 11.5 Å². The fourth-order valence-corrected chi connectivity index (χ4v) is 4.18.